The lowest BCUT2D eigenvalue weighted by atomic mass is 9.99. The molecule has 0 aromatic carbocycles. The van der Waals surface area contributed by atoms with E-state index in [0.29, 0.717) is 31.6 Å². The highest BCUT2D eigenvalue weighted by molar-refractivity contribution is 7.47. The van der Waals surface area contributed by atoms with Gasteiger partial charge in [0, 0.05) is 25.7 Å². The van der Waals surface area contributed by atoms with Gasteiger partial charge in [-0.1, -0.05) is 337 Å². The molecule has 0 saturated heterocycles. The third kappa shape index (κ3) is 69.0. The molecule has 0 spiro atoms. The molecule has 6 atom stereocenters. The lowest BCUT2D eigenvalue weighted by Gasteiger charge is -2.21. The molecule has 0 heterocycles. The van der Waals surface area contributed by atoms with Gasteiger partial charge in [0.1, 0.15) is 19.3 Å². The fraction of sp³-hybridized carbons (Fsp3) is 0.947. The number of esters is 4. The average molecular weight is 1400 g/mol. The molecule has 0 fully saturated rings. The van der Waals surface area contributed by atoms with E-state index in [-0.39, 0.29) is 25.7 Å². The second kappa shape index (κ2) is 66.6. The van der Waals surface area contributed by atoms with Gasteiger partial charge in [0.25, 0.3) is 0 Å². The Morgan fingerprint density at radius 2 is 0.537 bits per heavy atom. The van der Waals surface area contributed by atoms with Crippen molar-refractivity contribution in [2.24, 2.45) is 17.8 Å². The number of carbonyl (C=O) groups excluding carboxylic acids is 4. The highest BCUT2D eigenvalue weighted by Gasteiger charge is 2.30. The molecule has 0 rings (SSSR count). The van der Waals surface area contributed by atoms with Crippen LogP contribution < -0.4 is 0 Å². The Morgan fingerprint density at radius 1 is 0.305 bits per heavy atom. The third-order valence-corrected chi connectivity index (χ3v) is 19.9. The van der Waals surface area contributed by atoms with Gasteiger partial charge < -0.3 is 33.8 Å². The Balaban J connectivity index is 5.22. The maximum atomic E-state index is 13.1. The van der Waals surface area contributed by atoms with E-state index in [2.05, 4.69) is 48.5 Å². The van der Waals surface area contributed by atoms with Crippen molar-refractivity contribution >= 4 is 39.5 Å². The van der Waals surface area contributed by atoms with E-state index in [1.165, 1.54) is 193 Å². The van der Waals surface area contributed by atoms with Gasteiger partial charge >= 0.3 is 39.5 Å². The summed E-state index contributed by atoms with van der Waals surface area (Å²) in [5, 5.41) is 10.6. The minimum absolute atomic E-state index is 0.104. The lowest BCUT2D eigenvalue weighted by Crippen LogP contribution is -2.30. The molecule has 3 unspecified atom stereocenters. The van der Waals surface area contributed by atoms with Crippen molar-refractivity contribution in [3.63, 3.8) is 0 Å². The van der Waals surface area contributed by atoms with Gasteiger partial charge in [-0.25, -0.2) is 9.13 Å². The fourth-order valence-corrected chi connectivity index (χ4v) is 13.1. The molecule has 0 aliphatic heterocycles. The zero-order valence-corrected chi connectivity index (χ0v) is 63.9. The summed E-state index contributed by atoms with van der Waals surface area (Å²) in [7, 11) is -9.91. The number of ether oxygens (including phenoxy) is 4. The second-order valence-corrected chi connectivity index (χ2v) is 31.5. The fourth-order valence-electron chi connectivity index (χ4n) is 11.6. The van der Waals surface area contributed by atoms with Crippen molar-refractivity contribution in [1.82, 2.24) is 0 Å². The first kappa shape index (κ1) is 93.1. The van der Waals surface area contributed by atoms with Gasteiger partial charge in [0.15, 0.2) is 12.2 Å². The Morgan fingerprint density at radius 3 is 0.800 bits per heavy atom. The zero-order valence-electron chi connectivity index (χ0n) is 62.1. The summed E-state index contributed by atoms with van der Waals surface area (Å²) in [6, 6.07) is 0. The van der Waals surface area contributed by atoms with Crippen LogP contribution in [0, 0.1) is 17.8 Å². The molecule has 0 amide bonds. The molecule has 0 saturated carbocycles. The molecule has 95 heavy (non-hydrogen) atoms. The number of aliphatic hydroxyl groups is 1. The Hall–Kier alpha value is -1.94. The molecular formula is C76H148O17P2. The molecule has 0 aromatic heterocycles. The molecule has 0 aliphatic carbocycles. The van der Waals surface area contributed by atoms with Crippen LogP contribution in [0.1, 0.15) is 389 Å². The van der Waals surface area contributed by atoms with Crippen molar-refractivity contribution in [1.29, 1.82) is 0 Å². The minimum Gasteiger partial charge on any atom is -0.462 e. The van der Waals surface area contributed by atoms with Gasteiger partial charge in [-0.2, -0.15) is 0 Å². The number of hydrogen-bond donors (Lipinski definition) is 3. The topological polar surface area (TPSA) is 237 Å². The maximum Gasteiger partial charge on any atom is 0.472 e. The summed E-state index contributed by atoms with van der Waals surface area (Å²) in [6.07, 6.45) is 52.9. The van der Waals surface area contributed by atoms with E-state index in [4.69, 9.17) is 37.0 Å². The molecule has 0 aliphatic rings. The average Bonchev–Trinajstić information content (AvgIpc) is 1.53. The molecule has 19 heteroatoms. The molecule has 3 N–H and O–H groups in total. The van der Waals surface area contributed by atoms with Crippen molar-refractivity contribution in [3.8, 4) is 0 Å². The van der Waals surface area contributed by atoms with E-state index < -0.39 is 97.5 Å². The first-order chi connectivity index (χ1) is 45.8. The molecule has 0 bridgehead atoms. The minimum atomic E-state index is -4.96. The normalized spacial score (nSPS) is 14.4. The largest absolute Gasteiger partial charge is 0.472 e. The quantitative estimate of drug-likeness (QED) is 0.0222. The number of hydrogen-bond acceptors (Lipinski definition) is 15. The van der Waals surface area contributed by atoms with Gasteiger partial charge in [-0.15, -0.1) is 0 Å². The van der Waals surface area contributed by atoms with Crippen LogP contribution in [0.4, 0.5) is 0 Å². The lowest BCUT2D eigenvalue weighted by molar-refractivity contribution is -0.161. The van der Waals surface area contributed by atoms with Crippen LogP contribution in [0.2, 0.25) is 0 Å². The van der Waals surface area contributed by atoms with Crippen molar-refractivity contribution < 1.29 is 80.2 Å². The summed E-state index contributed by atoms with van der Waals surface area (Å²) in [5.41, 5.74) is 0. The van der Waals surface area contributed by atoms with Gasteiger partial charge in [-0.05, 0) is 43.4 Å². The predicted octanol–water partition coefficient (Wildman–Crippen LogP) is 22.2. The molecule has 564 valence electrons. The summed E-state index contributed by atoms with van der Waals surface area (Å²) in [6.45, 7) is 11.8. The highest BCUT2D eigenvalue weighted by atomic mass is 31.2. The van der Waals surface area contributed by atoms with E-state index >= 15 is 0 Å². The first-order valence-electron chi connectivity index (χ1n) is 39.4. The highest BCUT2D eigenvalue weighted by Crippen LogP contribution is 2.45. The summed E-state index contributed by atoms with van der Waals surface area (Å²) < 4.78 is 68.5. The van der Waals surface area contributed by atoms with Crippen LogP contribution in [0.15, 0.2) is 0 Å². The Bertz CT molecular complexity index is 1850. The van der Waals surface area contributed by atoms with E-state index in [0.717, 1.165) is 108 Å². The first-order valence-corrected chi connectivity index (χ1v) is 42.4. The monoisotopic (exact) mass is 1400 g/mol. The predicted molar refractivity (Wildman–Crippen MR) is 386 cm³/mol. The van der Waals surface area contributed by atoms with Crippen LogP contribution in [0.5, 0.6) is 0 Å². The van der Waals surface area contributed by atoms with Gasteiger partial charge in [0.2, 0.25) is 0 Å². The zero-order chi connectivity index (χ0) is 70.1. The van der Waals surface area contributed by atoms with Crippen molar-refractivity contribution in [2.45, 2.75) is 407 Å². The van der Waals surface area contributed by atoms with E-state index in [9.17, 15) is 43.2 Å². The summed E-state index contributed by atoms with van der Waals surface area (Å²) in [5.74, 6) is 0.111. The van der Waals surface area contributed by atoms with Crippen LogP contribution in [0.25, 0.3) is 0 Å². The molecule has 0 radical (unpaired) electrons. The van der Waals surface area contributed by atoms with Crippen molar-refractivity contribution in [2.75, 3.05) is 39.6 Å². The van der Waals surface area contributed by atoms with Gasteiger partial charge in [0.05, 0.1) is 26.4 Å². The summed E-state index contributed by atoms with van der Waals surface area (Å²) in [4.78, 5) is 72.8. The number of phosphoric ester groups is 2. The Kier molecular flexibility index (Phi) is 65.2. The molecular weight excluding hydrogens is 1250 g/mol. The molecule has 0 aromatic rings. The van der Waals surface area contributed by atoms with Gasteiger partial charge in [-0.3, -0.25) is 37.3 Å². The number of carbonyl (C=O) groups is 4. The Labute approximate surface area is 581 Å². The number of rotatable bonds is 74. The third-order valence-electron chi connectivity index (χ3n) is 18.0. The van der Waals surface area contributed by atoms with E-state index in [1.54, 1.807) is 0 Å². The summed E-state index contributed by atoms with van der Waals surface area (Å²) >= 11 is 0. The number of unbranched alkanes of at least 4 members (excludes halogenated alkanes) is 41. The van der Waals surface area contributed by atoms with Crippen LogP contribution in [0.3, 0.4) is 0 Å². The van der Waals surface area contributed by atoms with Crippen molar-refractivity contribution in [3.05, 3.63) is 0 Å². The maximum absolute atomic E-state index is 13.1. The van der Waals surface area contributed by atoms with Crippen LogP contribution in [-0.2, 0) is 65.4 Å². The van der Waals surface area contributed by atoms with Crippen LogP contribution >= 0.6 is 15.6 Å². The number of phosphoric acid groups is 2. The molecule has 17 nitrogen and oxygen atoms in total. The SMILES string of the molecule is CCCCCCCCCCCCCCCCCCCCCCC(=O)O[C@H](COC(=O)CCCCCCCCCCCCC(C)CC)COP(=O)(O)OC[C@@H](O)COP(=O)(O)OC[C@@H](COC(=O)CCCCCCCCCC(C)C)OC(=O)CCCCCCCCCCC(C)C. The smallest absolute Gasteiger partial charge is 0.462 e. The number of aliphatic hydroxyl groups excluding tert-OH is 1. The van der Waals surface area contributed by atoms with E-state index in [1.807, 2.05) is 0 Å². The standard InChI is InChI=1S/C76H148O17P2/c1-8-10-11-12-13-14-15-16-17-18-19-20-21-22-23-24-29-37-45-52-59-75(80)92-71(63-86-73(78)57-50-43-36-28-26-25-27-35-42-49-56-69(7)9-2)65-90-94(82,83)88-61-70(77)62-89-95(84,85)91-66-72(64-87-74(79)58-51-44-39-32-34-41-48-55-68(5)6)93-76(81)60-53-46-38-31-30-33-40-47-54-67(3)4/h67-72,77H,8-66H2,1-7H3,(H,82,83)(H,84,85)/t69?,70-,71-,72-/m1/s1. The second-order valence-electron chi connectivity index (χ2n) is 28.6. The van der Waals surface area contributed by atoms with Crippen LogP contribution in [-0.4, -0.2) is 96.7 Å².